The monoisotopic (exact) mass is 919 g/mol. The summed E-state index contributed by atoms with van der Waals surface area (Å²) in [5.41, 5.74) is 0. The minimum atomic E-state index is -4.88. The molecule has 0 aliphatic heterocycles. The Balaban J connectivity index is 4.69. The summed E-state index contributed by atoms with van der Waals surface area (Å²) >= 11 is 0. The van der Waals surface area contributed by atoms with Crippen LogP contribution in [0.3, 0.4) is 0 Å². The molecular weight excluding hydrogens is 838 g/mol. The molecule has 5 N–H and O–H groups in total. The molecule has 14 nitrogen and oxygen atoms in total. The maximum absolute atomic E-state index is 12.7. The van der Waals surface area contributed by atoms with Crippen LogP contribution in [-0.4, -0.2) is 81.6 Å². The average Bonchev–Trinajstić information content (AvgIpc) is 3.23. The molecule has 16 heteroatoms. The summed E-state index contributed by atoms with van der Waals surface area (Å²) in [6, 6.07) is 0. The van der Waals surface area contributed by atoms with Gasteiger partial charge in [0.05, 0.1) is 25.9 Å². The zero-order valence-corrected chi connectivity index (χ0v) is 39.3. The molecule has 0 saturated carbocycles. The van der Waals surface area contributed by atoms with Crippen LogP contribution >= 0.6 is 15.6 Å². The fourth-order valence-electron chi connectivity index (χ4n) is 5.75. The van der Waals surface area contributed by atoms with Crippen molar-refractivity contribution in [3.05, 3.63) is 72.9 Å². The van der Waals surface area contributed by atoms with E-state index in [1.807, 2.05) is 12.2 Å². The van der Waals surface area contributed by atoms with Crippen LogP contribution in [0.4, 0.5) is 0 Å². The number of phosphoric acid groups is 2. The van der Waals surface area contributed by atoms with Crippen molar-refractivity contribution in [3.8, 4) is 0 Å². The first-order chi connectivity index (χ1) is 29.8. The fourth-order valence-corrected chi connectivity index (χ4v) is 6.91. The van der Waals surface area contributed by atoms with Crippen molar-refractivity contribution in [1.29, 1.82) is 0 Å². The number of aliphatic hydroxyl groups excluding tert-OH is 2. The third-order valence-electron chi connectivity index (χ3n) is 9.19. The summed E-state index contributed by atoms with van der Waals surface area (Å²) < 4.78 is 47.7. The topological polar surface area (TPSA) is 216 Å². The summed E-state index contributed by atoms with van der Waals surface area (Å²) in [5.74, 6) is -1.21. The highest BCUT2D eigenvalue weighted by Crippen LogP contribution is 2.43. The van der Waals surface area contributed by atoms with Crippen molar-refractivity contribution in [3.63, 3.8) is 0 Å². The number of carbonyl (C=O) groups excluding carboxylic acids is 2. The highest BCUT2D eigenvalue weighted by Gasteiger charge is 2.28. The van der Waals surface area contributed by atoms with Gasteiger partial charge in [0.25, 0.3) is 0 Å². The predicted molar refractivity (Wildman–Crippen MR) is 245 cm³/mol. The van der Waals surface area contributed by atoms with Gasteiger partial charge in [-0.1, -0.05) is 177 Å². The van der Waals surface area contributed by atoms with Crippen molar-refractivity contribution in [2.24, 2.45) is 0 Å². The highest BCUT2D eigenvalue weighted by atomic mass is 31.2. The summed E-state index contributed by atoms with van der Waals surface area (Å²) in [6.45, 7) is 1.45. The van der Waals surface area contributed by atoms with Crippen molar-refractivity contribution in [2.75, 3.05) is 26.4 Å². The van der Waals surface area contributed by atoms with E-state index in [1.54, 1.807) is 24.3 Å². The van der Waals surface area contributed by atoms with Crippen molar-refractivity contribution < 1.29 is 66.7 Å². The lowest BCUT2D eigenvalue weighted by Gasteiger charge is -2.20. The van der Waals surface area contributed by atoms with Crippen molar-refractivity contribution >= 4 is 27.6 Å². The molecule has 0 aromatic rings. The maximum atomic E-state index is 12.7. The van der Waals surface area contributed by atoms with Gasteiger partial charge < -0.3 is 34.4 Å². The number of hydrogen-bond acceptors (Lipinski definition) is 11. The zero-order valence-electron chi connectivity index (χ0n) is 37.6. The number of esters is 2. The van der Waals surface area contributed by atoms with Crippen LogP contribution in [0.5, 0.6) is 0 Å². The molecule has 358 valence electrons. The number of phosphoric ester groups is 2. The van der Waals surface area contributed by atoms with Crippen LogP contribution in [-0.2, 0) is 41.8 Å². The molecule has 4 atom stereocenters. The Morgan fingerprint density at radius 1 is 0.548 bits per heavy atom. The number of hydrogen-bond donors (Lipinski definition) is 5. The molecule has 0 radical (unpaired) electrons. The van der Waals surface area contributed by atoms with E-state index in [0.717, 1.165) is 51.4 Å². The molecule has 0 bridgehead atoms. The number of carbonyl (C=O) groups is 2. The summed E-state index contributed by atoms with van der Waals surface area (Å²) in [6.07, 6.45) is 42.1. The van der Waals surface area contributed by atoms with Gasteiger partial charge in [-0.05, 0) is 44.9 Å². The van der Waals surface area contributed by atoms with E-state index in [9.17, 15) is 33.8 Å². The second kappa shape index (κ2) is 41.2. The van der Waals surface area contributed by atoms with Crippen LogP contribution in [0.15, 0.2) is 72.9 Å². The Morgan fingerprint density at radius 3 is 1.63 bits per heavy atom. The Kier molecular flexibility index (Phi) is 39.6. The standard InChI is InChI=1S/C46H80O14P2/c1-3-5-7-9-11-13-15-17-18-20-22-24-26-28-32-37-46(50)60-44(41-59-62(54,55)58-39-43(48)38-57-61(51,52)53)40-56-45(49)36-33-29-31-35-42(47)34-30-27-25-23-21-19-16-14-12-10-8-6-4-2/h6,8,12,14,19,21,25,27,29-31,34,42-44,47-48H,3-5,7,9-11,13,15-18,20,22-24,26,28,32-33,35-41H2,1-2H3,(H,54,55)(H2,51,52,53)/b8-6-,14-12-,21-19-,27-25-,31-29-,34-30-/t42?,43-,44+/m0/s1. The molecule has 0 fully saturated rings. The summed E-state index contributed by atoms with van der Waals surface area (Å²) in [7, 11) is -9.73. The van der Waals surface area contributed by atoms with Gasteiger partial charge in [0.1, 0.15) is 12.7 Å². The number of unbranched alkanes of at least 4 members (excludes halogenated alkanes) is 14. The van der Waals surface area contributed by atoms with E-state index in [-0.39, 0.29) is 12.8 Å². The van der Waals surface area contributed by atoms with E-state index < -0.39 is 72.3 Å². The average molecular weight is 919 g/mol. The summed E-state index contributed by atoms with van der Waals surface area (Å²) in [5, 5.41) is 20.0. The molecular formula is C46H80O14P2. The zero-order chi connectivity index (χ0) is 46.0. The normalized spacial score (nSPS) is 15.1. The van der Waals surface area contributed by atoms with E-state index in [2.05, 4.69) is 59.4 Å². The largest absolute Gasteiger partial charge is 0.472 e. The van der Waals surface area contributed by atoms with Crippen LogP contribution in [0, 0.1) is 0 Å². The molecule has 0 aromatic carbocycles. The SMILES string of the molecule is CC/C=C\C/C=C\C/C=C\C/C=C\C=C/C(O)C/C=C\CCC(=O)OC[C@H](COP(=O)(O)OC[C@@H](O)COP(=O)(O)O)OC(=O)CCCCCCCCCCCCCCCCC. The van der Waals surface area contributed by atoms with Gasteiger partial charge in [-0.25, -0.2) is 9.13 Å². The number of ether oxygens (including phenoxy) is 2. The molecule has 0 saturated heterocycles. The minimum absolute atomic E-state index is 0.0127. The van der Waals surface area contributed by atoms with Crippen LogP contribution in [0.25, 0.3) is 0 Å². The molecule has 0 spiro atoms. The molecule has 62 heavy (non-hydrogen) atoms. The first-order valence-electron chi connectivity index (χ1n) is 22.7. The lowest BCUT2D eigenvalue weighted by Crippen LogP contribution is -2.29. The van der Waals surface area contributed by atoms with Crippen LogP contribution in [0.2, 0.25) is 0 Å². The summed E-state index contributed by atoms with van der Waals surface area (Å²) in [4.78, 5) is 52.7. The molecule has 0 rings (SSSR count). The Hall–Kier alpha value is -2.48. The lowest BCUT2D eigenvalue weighted by molar-refractivity contribution is -0.161. The smallest absolute Gasteiger partial charge is 0.462 e. The first-order valence-corrected chi connectivity index (χ1v) is 25.8. The van der Waals surface area contributed by atoms with Gasteiger partial charge in [-0.15, -0.1) is 0 Å². The van der Waals surface area contributed by atoms with Gasteiger partial charge in [0, 0.05) is 12.8 Å². The third-order valence-corrected chi connectivity index (χ3v) is 10.6. The maximum Gasteiger partial charge on any atom is 0.472 e. The Labute approximate surface area is 372 Å². The van der Waals surface area contributed by atoms with Gasteiger partial charge in [-0.2, -0.15) is 0 Å². The second-order valence-electron chi connectivity index (χ2n) is 15.2. The lowest BCUT2D eigenvalue weighted by atomic mass is 10.0. The molecule has 0 aliphatic carbocycles. The van der Waals surface area contributed by atoms with Gasteiger partial charge in [0.15, 0.2) is 6.10 Å². The number of allylic oxidation sites excluding steroid dienone is 10. The second-order valence-corrected chi connectivity index (χ2v) is 17.8. The van der Waals surface area contributed by atoms with E-state index in [1.165, 1.54) is 64.2 Å². The fraction of sp³-hybridized carbons (Fsp3) is 0.696. The molecule has 0 heterocycles. The van der Waals surface area contributed by atoms with Crippen LogP contribution in [0.1, 0.15) is 162 Å². The minimum Gasteiger partial charge on any atom is -0.462 e. The molecule has 0 aromatic heterocycles. The van der Waals surface area contributed by atoms with E-state index >= 15 is 0 Å². The van der Waals surface area contributed by atoms with Crippen molar-refractivity contribution in [1.82, 2.24) is 0 Å². The highest BCUT2D eigenvalue weighted by molar-refractivity contribution is 7.47. The molecule has 0 amide bonds. The van der Waals surface area contributed by atoms with Gasteiger partial charge in [-0.3, -0.25) is 23.2 Å². The first kappa shape index (κ1) is 59.5. The molecule has 2 unspecified atom stereocenters. The number of rotatable bonds is 42. The Bertz CT molecular complexity index is 1390. The van der Waals surface area contributed by atoms with Crippen LogP contribution < -0.4 is 0 Å². The van der Waals surface area contributed by atoms with E-state index in [4.69, 9.17) is 23.8 Å². The third kappa shape index (κ3) is 44.1. The van der Waals surface area contributed by atoms with Gasteiger partial charge >= 0.3 is 27.6 Å². The Morgan fingerprint density at radius 2 is 1.06 bits per heavy atom. The van der Waals surface area contributed by atoms with Crippen molar-refractivity contribution in [2.45, 2.75) is 180 Å². The van der Waals surface area contributed by atoms with Gasteiger partial charge in [0.2, 0.25) is 0 Å². The molecule has 0 aliphatic rings. The predicted octanol–water partition coefficient (Wildman–Crippen LogP) is 10.8. The van der Waals surface area contributed by atoms with E-state index in [0.29, 0.717) is 19.3 Å². The quantitative estimate of drug-likeness (QED) is 0.0127. The number of aliphatic hydroxyl groups is 2.